The number of rotatable bonds is 7. The van der Waals surface area contributed by atoms with Gasteiger partial charge in [0.15, 0.2) is 22.9 Å². The maximum absolute atomic E-state index is 12.7. The molecule has 2 N–H and O–H groups in total. The number of ether oxygens (including phenoxy) is 2. The van der Waals surface area contributed by atoms with Crippen molar-refractivity contribution < 1.29 is 23.8 Å². The van der Waals surface area contributed by atoms with Crippen LogP contribution in [0.3, 0.4) is 0 Å². The number of aryl methyl sites for hydroxylation is 1. The zero-order valence-electron chi connectivity index (χ0n) is 20.3. The highest BCUT2D eigenvalue weighted by Gasteiger charge is 2.27. The van der Waals surface area contributed by atoms with Crippen molar-refractivity contribution in [1.82, 2.24) is 9.88 Å². The molecule has 0 radical (unpaired) electrons. The Hall–Kier alpha value is -3.95. The fraction of sp³-hybridized carbons (Fsp3) is 0.296. The number of carbonyl (C=O) groups excluding carboxylic acids is 1. The molecule has 5 rings (SSSR count). The lowest BCUT2D eigenvalue weighted by atomic mass is 10.1. The number of anilines is 2. The van der Waals surface area contributed by atoms with Crippen molar-refractivity contribution in [2.45, 2.75) is 20.4 Å². The van der Waals surface area contributed by atoms with Gasteiger partial charge < -0.3 is 24.3 Å². The highest BCUT2D eigenvalue weighted by atomic mass is 16.5. The molecule has 186 valence electrons. The van der Waals surface area contributed by atoms with Gasteiger partial charge in [0.05, 0.1) is 19.8 Å². The summed E-state index contributed by atoms with van der Waals surface area (Å²) in [6, 6.07) is 9.79. The Balaban J connectivity index is 1.44. The second-order valence-electron chi connectivity index (χ2n) is 8.63. The van der Waals surface area contributed by atoms with Gasteiger partial charge in [0.2, 0.25) is 5.88 Å². The number of aromatic hydroxyl groups is 1. The van der Waals surface area contributed by atoms with Gasteiger partial charge in [-0.2, -0.15) is 0 Å². The van der Waals surface area contributed by atoms with E-state index >= 15 is 0 Å². The highest BCUT2D eigenvalue weighted by Crippen LogP contribution is 2.39. The lowest BCUT2D eigenvalue weighted by Crippen LogP contribution is -2.35. The Labute approximate surface area is 209 Å². The third-order valence-electron chi connectivity index (χ3n) is 6.15. The van der Waals surface area contributed by atoms with Gasteiger partial charge in [-0.3, -0.25) is 4.90 Å². The Morgan fingerprint density at radius 3 is 2.89 bits per heavy atom. The van der Waals surface area contributed by atoms with Gasteiger partial charge >= 0.3 is 5.97 Å². The van der Waals surface area contributed by atoms with Crippen LogP contribution in [0.1, 0.15) is 39.7 Å². The van der Waals surface area contributed by atoms with E-state index in [2.05, 4.69) is 26.3 Å². The van der Waals surface area contributed by atoms with E-state index in [1.54, 1.807) is 25.4 Å². The van der Waals surface area contributed by atoms with Crippen molar-refractivity contribution >= 4 is 41.2 Å². The predicted molar refractivity (Wildman–Crippen MR) is 137 cm³/mol. The van der Waals surface area contributed by atoms with Crippen molar-refractivity contribution in [3.05, 3.63) is 64.5 Å². The summed E-state index contributed by atoms with van der Waals surface area (Å²) in [4.78, 5) is 23.6. The maximum Gasteiger partial charge on any atom is 0.347 e. The van der Waals surface area contributed by atoms with Crippen LogP contribution >= 0.6 is 0 Å². The third kappa shape index (κ3) is 4.89. The standard InChI is InChI=1S/C27H28N4O5/c1-3-35-27(33)23-24(32)22(14-19-15-29-25-20(19)5-4-8-28-25)36-26(23)30-21-7-6-18(13-17(21)2)16-31-9-11-34-12-10-31/h4-8,13-15,30,32H,3,9-12,16H2,1-2H3. The Bertz CT molecular complexity index is 1340. The van der Waals surface area contributed by atoms with Gasteiger partial charge in [0.1, 0.15) is 0 Å². The number of fused-ring (bicyclic) bond motifs is 1. The number of aliphatic imine (C=N–C) groups is 1. The smallest absolute Gasteiger partial charge is 0.347 e. The summed E-state index contributed by atoms with van der Waals surface area (Å²) in [6.07, 6.45) is 4.95. The molecule has 1 aromatic carbocycles. The second-order valence-corrected chi connectivity index (χ2v) is 8.63. The van der Waals surface area contributed by atoms with E-state index in [0.29, 0.717) is 11.4 Å². The van der Waals surface area contributed by atoms with Crippen LogP contribution in [0, 0.1) is 6.92 Å². The molecule has 2 aliphatic rings. The monoisotopic (exact) mass is 488 g/mol. The van der Waals surface area contributed by atoms with Crippen molar-refractivity contribution in [3.63, 3.8) is 0 Å². The molecule has 0 aliphatic carbocycles. The number of pyridine rings is 1. The summed E-state index contributed by atoms with van der Waals surface area (Å²) in [7, 11) is 0. The summed E-state index contributed by atoms with van der Waals surface area (Å²) in [5.74, 6) is -0.138. The molecular formula is C27H28N4O5. The van der Waals surface area contributed by atoms with Gasteiger partial charge in [-0.05, 0) is 49.2 Å². The lowest BCUT2D eigenvalue weighted by molar-refractivity contribution is 0.0342. The Morgan fingerprint density at radius 1 is 1.28 bits per heavy atom. The van der Waals surface area contributed by atoms with Crippen LogP contribution in [0.2, 0.25) is 0 Å². The average molecular weight is 489 g/mol. The minimum Gasteiger partial charge on any atom is -0.504 e. The zero-order valence-corrected chi connectivity index (χ0v) is 20.3. The molecule has 0 amide bonds. The molecular weight excluding hydrogens is 460 g/mol. The van der Waals surface area contributed by atoms with Crippen LogP contribution in [0.15, 0.2) is 45.9 Å². The molecule has 2 aromatic heterocycles. The van der Waals surface area contributed by atoms with E-state index in [9.17, 15) is 9.90 Å². The predicted octanol–water partition coefficient (Wildman–Crippen LogP) is 4.70. The quantitative estimate of drug-likeness (QED) is 0.461. The van der Waals surface area contributed by atoms with E-state index in [1.165, 1.54) is 5.56 Å². The van der Waals surface area contributed by atoms with Crippen molar-refractivity contribution in [3.8, 4) is 5.75 Å². The summed E-state index contributed by atoms with van der Waals surface area (Å²) >= 11 is 0. The van der Waals surface area contributed by atoms with Gasteiger partial charge in [0, 0.05) is 48.9 Å². The number of morpholine rings is 1. The zero-order chi connectivity index (χ0) is 25.1. The molecule has 3 aromatic rings. The first-order valence-electron chi connectivity index (χ1n) is 11.9. The van der Waals surface area contributed by atoms with Crippen molar-refractivity contribution in [2.24, 2.45) is 4.99 Å². The first-order chi connectivity index (χ1) is 17.5. The molecule has 2 aliphatic heterocycles. The fourth-order valence-corrected chi connectivity index (χ4v) is 4.30. The normalized spacial score (nSPS) is 16.3. The molecule has 36 heavy (non-hydrogen) atoms. The minimum absolute atomic E-state index is 0.0539. The maximum atomic E-state index is 12.7. The van der Waals surface area contributed by atoms with Gasteiger partial charge in [-0.1, -0.05) is 12.1 Å². The number of esters is 1. The van der Waals surface area contributed by atoms with E-state index in [4.69, 9.17) is 13.9 Å². The van der Waals surface area contributed by atoms with Crippen LogP contribution < -0.4 is 5.32 Å². The SMILES string of the molecule is CCOC(=O)c1c(Nc2ccc(CN3CCOCC3)cc2C)oc(C=C2C=Nc3ncccc32)c1O. The number of aromatic nitrogens is 1. The number of furan rings is 1. The first kappa shape index (κ1) is 23.8. The van der Waals surface area contributed by atoms with Crippen LogP contribution in [0.4, 0.5) is 17.4 Å². The average Bonchev–Trinajstić information content (AvgIpc) is 3.42. The number of nitrogens with zero attached hydrogens (tertiary/aromatic N) is 3. The third-order valence-corrected chi connectivity index (χ3v) is 6.15. The van der Waals surface area contributed by atoms with Crippen LogP contribution in [0.25, 0.3) is 11.6 Å². The number of hydrogen-bond acceptors (Lipinski definition) is 9. The molecule has 0 atom stereocenters. The highest BCUT2D eigenvalue weighted by molar-refractivity contribution is 6.21. The van der Waals surface area contributed by atoms with Crippen LogP contribution in [0.5, 0.6) is 5.75 Å². The second kappa shape index (κ2) is 10.3. The number of hydrogen-bond donors (Lipinski definition) is 2. The fourth-order valence-electron chi connectivity index (χ4n) is 4.30. The number of nitrogens with one attached hydrogen (secondary N) is 1. The first-order valence-corrected chi connectivity index (χ1v) is 11.9. The van der Waals surface area contributed by atoms with Crippen LogP contribution in [-0.4, -0.2) is 60.1 Å². The van der Waals surface area contributed by atoms with E-state index in [1.807, 2.05) is 31.2 Å². The van der Waals surface area contributed by atoms with E-state index in [-0.39, 0.29) is 29.6 Å². The molecule has 0 bridgehead atoms. The van der Waals surface area contributed by atoms with Gasteiger partial charge in [-0.25, -0.2) is 14.8 Å². The topological polar surface area (TPSA) is 109 Å². The molecule has 9 nitrogen and oxygen atoms in total. The Kier molecular flexibility index (Phi) is 6.84. The van der Waals surface area contributed by atoms with Crippen LogP contribution in [-0.2, 0) is 16.0 Å². The molecule has 1 fully saturated rings. The van der Waals surface area contributed by atoms with Crippen molar-refractivity contribution in [1.29, 1.82) is 0 Å². The molecule has 1 saturated heterocycles. The summed E-state index contributed by atoms with van der Waals surface area (Å²) in [5, 5.41) is 14.1. The summed E-state index contributed by atoms with van der Waals surface area (Å²) < 4.78 is 16.6. The molecule has 9 heteroatoms. The summed E-state index contributed by atoms with van der Waals surface area (Å²) in [6.45, 7) is 8.04. The molecule has 0 saturated carbocycles. The van der Waals surface area contributed by atoms with E-state index in [0.717, 1.165) is 49.7 Å². The van der Waals surface area contributed by atoms with Crippen molar-refractivity contribution in [2.75, 3.05) is 38.2 Å². The Morgan fingerprint density at radius 2 is 2.11 bits per heavy atom. The number of carbonyl (C=O) groups is 1. The lowest BCUT2D eigenvalue weighted by Gasteiger charge is -2.26. The summed E-state index contributed by atoms with van der Waals surface area (Å²) in [5.41, 5.74) is 4.40. The minimum atomic E-state index is -0.672. The molecule has 0 spiro atoms. The van der Waals surface area contributed by atoms with E-state index < -0.39 is 5.97 Å². The molecule has 4 heterocycles. The van der Waals surface area contributed by atoms with Gasteiger partial charge in [-0.15, -0.1) is 0 Å². The number of benzene rings is 1. The van der Waals surface area contributed by atoms with Gasteiger partial charge in [0.25, 0.3) is 0 Å². The number of allylic oxidation sites excluding steroid dienone is 1. The largest absolute Gasteiger partial charge is 0.504 e. The molecule has 0 unspecified atom stereocenters.